The van der Waals surface area contributed by atoms with Crippen LogP contribution in [-0.4, -0.2) is 39.3 Å². The van der Waals surface area contributed by atoms with Crippen LogP contribution in [0.25, 0.3) is 27.8 Å². The lowest BCUT2D eigenvalue weighted by Crippen LogP contribution is -2.22. The highest BCUT2D eigenvalue weighted by Crippen LogP contribution is 2.34. The van der Waals surface area contributed by atoms with Crippen molar-refractivity contribution in [3.63, 3.8) is 0 Å². The molecule has 0 amide bonds. The third-order valence-corrected chi connectivity index (χ3v) is 5.45. The molecule has 3 aromatic heterocycles. The van der Waals surface area contributed by atoms with E-state index in [0.717, 1.165) is 29.8 Å². The number of fused-ring (bicyclic) bond motifs is 3. The molecule has 8 nitrogen and oxygen atoms in total. The van der Waals surface area contributed by atoms with Crippen LogP contribution in [-0.2, 0) is 7.05 Å². The van der Waals surface area contributed by atoms with E-state index in [2.05, 4.69) is 20.8 Å². The number of hydrogen-bond donors (Lipinski definition) is 2. The van der Waals surface area contributed by atoms with E-state index in [1.54, 1.807) is 20.4 Å². The molecule has 148 valence electrons. The van der Waals surface area contributed by atoms with Gasteiger partial charge >= 0.3 is 5.69 Å². The van der Waals surface area contributed by atoms with Crippen LogP contribution < -0.4 is 21.3 Å². The Labute approximate surface area is 164 Å². The molecule has 0 unspecified atom stereocenters. The number of nitrogens with zero attached hydrogens (tertiary/aromatic N) is 4. The molecule has 5 rings (SSSR count). The average Bonchev–Trinajstić information content (AvgIpc) is 3.35. The van der Waals surface area contributed by atoms with Gasteiger partial charge in [0.1, 0.15) is 5.75 Å². The number of pyridine rings is 2. The normalized spacial score (nSPS) is 14.9. The molecule has 1 aliphatic heterocycles. The molecule has 2 N–H and O–H groups in total. The van der Waals surface area contributed by atoms with Crippen molar-refractivity contribution < 1.29 is 9.13 Å². The SMILES string of the molecule is COc1cc2ncc3c(c2cc1C1CNNC1)n(-c1ncccc1F)c(=O)n3C. The molecule has 1 saturated heterocycles. The van der Waals surface area contributed by atoms with Crippen molar-refractivity contribution >= 4 is 21.9 Å². The number of hydrogen-bond acceptors (Lipinski definition) is 6. The van der Waals surface area contributed by atoms with Crippen molar-refractivity contribution in [3.05, 3.63) is 58.5 Å². The standard InChI is InChI=1S/C20H19FN6O2/c1-26-16-10-23-15-7-17(29-2)12(11-8-24-25-9-11)6-13(15)18(16)27(20(26)28)19-14(21)4-3-5-22-19/h3-7,10-11,24-25H,8-9H2,1-2H3. The van der Waals surface area contributed by atoms with Crippen molar-refractivity contribution in [2.75, 3.05) is 20.2 Å². The summed E-state index contributed by atoms with van der Waals surface area (Å²) in [5.74, 6) is 0.330. The number of methoxy groups -OCH3 is 1. The van der Waals surface area contributed by atoms with Crippen LogP contribution in [0.5, 0.6) is 5.75 Å². The van der Waals surface area contributed by atoms with E-state index in [-0.39, 0.29) is 17.4 Å². The fourth-order valence-corrected chi connectivity index (χ4v) is 3.96. The van der Waals surface area contributed by atoms with E-state index in [4.69, 9.17) is 4.74 Å². The van der Waals surface area contributed by atoms with Gasteiger partial charge in [0.2, 0.25) is 0 Å². The predicted molar refractivity (Wildman–Crippen MR) is 107 cm³/mol. The Hall–Kier alpha value is -3.30. The second-order valence-electron chi connectivity index (χ2n) is 7.05. The molecule has 4 heterocycles. The number of ether oxygens (including phenoxy) is 1. The summed E-state index contributed by atoms with van der Waals surface area (Å²) in [7, 11) is 3.27. The summed E-state index contributed by atoms with van der Waals surface area (Å²) in [5.41, 5.74) is 8.70. The topological polar surface area (TPSA) is 86.0 Å². The van der Waals surface area contributed by atoms with Crippen molar-refractivity contribution in [1.29, 1.82) is 0 Å². The summed E-state index contributed by atoms with van der Waals surface area (Å²) >= 11 is 0. The van der Waals surface area contributed by atoms with Gasteiger partial charge in [-0.2, -0.15) is 0 Å². The van der Waals surface area contributed by atoms with E-state index < -0.39 is 5.82 Å². The minimum atomic E-state index is -0.565. The first kappa shape index (κ1) is 17.8. The molecule has 29 heavy (non-hydrogen) atoms. The zero-order valence-electron chi connectivity index (χ0n) is 15.9. The average molecular weight is 394 g/mol. The van der Waals surface area contributed by atoms with Crippen molar-refractivity contribution in [2.24, 2.45) is 7.05 Å². The number of aryl methyl sites for hydroxylation is 1. The molecule has 4 aromatic rings. The smallest absolute Gasteiger partial charge is 0.334 e. The molecule has 1 aliphatic rings. The number of imidazole rings is 1. The number of halogens is 1. The zero-order valence-corrected chi connectivity index (χ0v) is 15.9. The van der Waals surface area contributed by atoms with E-state index in [0.29, 0.717) is 16.6 Å². The van der Waals surface area contributed by atoms with Crippen molar-refractivity contribution in [2.45, 2.75) is 5.92 Å². The van der Waals surface area contributed by atoms with E-state index in [9.17, 15) is 9.18 Å². The summed E-state index contributed by atoms with van der Waals surface area (Å²) in [4.78, 5) is 21.6. The van der Waals surface area contributed by atoms with Gasteiger partial charge in [-0.1, -0.05) is 0 Å². The molecule has 1 fully saturated rings. The van der Waals surface area contributed by atoms with Crippen molar-refractivity contribution in [3.8, 4) is 11.6 Å². The summed E-state index contributed by atoms with van der Waals surface area (Å²) in [5, 5.41) is 0.743. The van der Waals surface area contributed by atoms with Gasteiger partial charge in [0.15, 0.2) is 11.6 Å². The fraction of sp³-hybridized carbons (Fsp3) is 0.250. The Bertz CT molecular complexity index is 1310. The van der Waals surface area contributed by atoms with Gasteiger partial charge in [-0.05, 0) is 18.2 Å². The molecular weight excluding hydrogens is 375 g/mol. The Morgan fingerprint density at radius 1 is 1.24 bits per heavy atom. The van der Waals surface area contributed by atoms with Crippen LogP contribution in [0, 0.1) is 5.82 Å². The molecule has 0 spiro atoms. The second kappa shape index (κ2) is 6.64. The van der Waals surface area contributed by atoms with Crippen molar-refractivity contribution in [1.82, 2.24) is 30.0 Å². The Morgan fingerprint density at radius 3 is 2.76 bits per heavy atom. The number of hydrazine groups is 1. The number of nitrogens with one attached hydrogen (secondary N) is 2. The van der Waals surface area contributed by atoms with Crippen LogP contribution >= 0.6 is 0 Å². The summed E-state index contributed by atoms with van der Waals surface area (Å²) in [6.07, 6.45) is 3.09. The van der Waals surface area contributed by atoms with Gasteiger partial charge in [0.25, 0.3) is 0 Å². The summed E-state index contributed by atoms with van der Waals surface area (Å²) in [6, 6.07) is 6.64. The van der Waals surface area contributed by atoms with Crippen LogP contribution in [0.1, 0.15) is 11.5 Å². The maximum atomic E-state index is 14.6. The molecule has 0 atom stereocenters. The zero-order chi connectivity index (χ0) is 20.1. The monoisotopic (exact) mass is 394 g/mol. The molecule has 0 aliphatic carbocycles. The van der Waals surface area contributed by atoms with Gasteiger partial charge in [-0.3, -0.25) is 20.4 Å². The van der Waals surface area contributed by atoms with Gasteiger partial charge in [-0.15, -0.1) is 0 Å². The highest BCUT2D eigenvalue weighted by molar-refractivity contribution is 6.04. The minimum absolute atomic E-state index is 0.0304. The first-order valence-corrected chi connectivity index (χ1v) is 9.25. The van der Waals surface area contributed by atoms with Crippen LogP contribution in [0.3, 0.4) is 0 Å². The van der Waals surface area contributed by atoms with Gasteiger partial charge < -0.3 is 4.74 Å². The Morgan fingerprint density at radius 2 is 2.03 bits per heavy atom. The maximum absolute atomic E-state index is 14.6. The predicted octanol–water partition coefficient (Wildman–Crippen LogP) is 1.61. The molecule has 0 bridgehead atoms. The third kappa shape index (κ3) is 2.62. The fourth-order valence-electron chi connectivity index (χ4n) is 3.96. The summed E-state index contributed by atoms with van der Waals surface area (Å²) in [6.45, 7) is 1.50. The van der Waals surface area contributed by atoms with Crippen LogP contribution in [0.2, 0.25) is 0 Å². The lowest BCUT2D eigenvalue weighted by molar-refractivity contribution is 0.407. The summed E-state index contributed by atoms with van der Waals surface area (Å²) < 4.78 is 22.9. The highest BCUT2D eigenvalue weighted by atomic mass is 19.1. The van der Waals surface area contributed by atoms with Gasteiger partial charge in [0, 0.05) is 49.3 Å². The Balaban J connectivity index is 1.91. The van der Waals surface area contributed by atoms with E-state index in [1.807, 2.05) is 12.1 Å². The highest BCUT2D eigenvalue weighted by Gasteiger charge is 2.24. The number of aromatic nitrogens is 4. The number of rotatable bonds is 3. The lowest BCUT2D eigenvalue weighted by atomic mass is 9.96. The van der Waals surface area contributed by atoms with Crippen LogP contribution in [0.4, 0.5) is 4.39 Å². The molecule has 1 aromatic carbocycles. The molecule has 0 saturated carbocycles. The maximum Gasteiger partial charge on any atom is 0.334 e. The van der Waals surface area contributed by atoms with Gasteiger partial charge in [-0.25, -0.2) is 18.7 Å². The second-order valence-corrected chi connectivity index (χ2v) is 7.05. The van der Waals surface area contributed by atoms with Gasteiger partial charge in [0.05, 0.1) is 29.9 Å². The molecule has 0 radical (unpaired) electrons. The van der Waals surface area contributed by atoms with E-state index >= 15 is 0 Å². The molecule has 9 heteroatoms. The Kier molecular flexibility index (Phi) is 4.07. The first-order chi connectivity index (χ1) is 14.1. The first-order valence-electron chi connectivity index (χ1n) is 9.25. The molecular formula is C20H19FN6O2. The number of benzene rings is 1. The quantitative estimate of drug-likeness (QED) is 0.549. The minimum Gasteiger partial charge on any atom is -0.496 e. The van der Waals surface area contributed by atoms with E-state index in [1.165, 1.54) is 27.5 Å². The van der Waals surface area contributed by atoms with Crippen LogP contribution in [0.15, 0.2) is 41.5 Å². The lowest BCUT2D eigenvalue weighted by Gasteiger charge is -2.15. The third-order valence-electron chi connectivity index (χ3n) is 5.45. The largest absolute Gasteiger partial charge is 0.496 e.